The molecular weight excluding hydrogens is 310 g/mol. The molecule has 0 bridgehead atoms. The van der Waals surface area contributed by atoms with E-state index in [1.54, 1.807) is 0 Å². The second-order valence-electron chi connectivity index (χ2n) is 5.72. The van der Waals surface area contributed by atoms with Crippen LogP contribution in [0.1, 0.15) is 49.8 Å². The van der Waals surface area contributed by atoms with Crippen LogP contribution in [0.4, 0.5) is 0 Å². The molecule has 1 aliphatic rings. The molecule has 2 aromatic rings. The molecule has 2 aromatic heterocycles. The lowest BCUT2D eigenvalue weighted by molar-refractivity contribution is 0.434. The third kappa shape index (κ3) is 3.53. The van der Waals surface area contributed by atoms with E-state index in [9.17, 15) is 0 Å². The molecular formula is C15H23N7S. The number of hydrogen-bond acceptors (Lipinski definition) is 7. The first-order valence-electron chi connectivity index (χ1n) is 8.23. The van der Waals surface area contributed by atoms with Gasteiger partial charge < -0.3 is 9.88 Å². The Hall–Kier alpha value is -1.54. The molecule has 1 saturated heterocycles. The van der Waals surface area contributed by atoms with Gasteiger partial charge in [-0.15, -0.1) is 15.3 Å². The van der Waals surface area contributed by atoms with E-state index in [4.69, 9.17) is 0 Å². The Morgan fingerprint density at radius 1 is 1.04 bits per heavy atom. The molecule has 0 spiro atoms. The van der Waals surface area contributed by atoms with Crippen molar-refractivity contribution in [1.29, 1.82) is 0 Å². The summed E-state index contributed by atoms with van der Waals surface area (Å²) in [4.78, 5) is 4.62. The van der Waals surface area contributed by atoms with E-state index in [0.717, 1.165) is 61.1 Å². The molecule has 0 unspecified atom stereocenters. The first-order valence-corrected chi connectivity index (χ1v) is 9.04. The van der Waals surface area contributed by atoms with Gasteiger partial charge in [0, 0.05) is 13.0 Å². The molecule has 1 N–H and O–H groups in total. The van der Waals surface area contributed by atoms with Crippen molar-refractivity contribution in [2.75, 3.05) is 13.1 Å². The van der Waals surface area contributed by atoms with E-state index in [-0.39, 0.29) is 0 Å². The number of hydrogen-bond donors (Lipinski definition) is 1. The van der Waals surface area contributed by atoms with E-state index in [2.05, 4.69) is 49.1 Å². The van der Waals surface area contributed by atoms with E-state index >= 15 is 0 Å². The summed E-state index contributed by atoms with van der Waals surface area (Å²) < 4.78 is 2.07. The maximum absolute atomic E-state index is 4.62. The predicted molar refractivity (Wildman–Crippen MR) is 88.6 cm³/mol. The summed E-state index contributed by atoms with van der Waals surface area (Å²) in [6.45, 7) is 6.26. The highest BCUT2D eigenvalue weighted by Crippen LogP contribution is 2.28. The zero-order valence-electron chi connectivity index (χ0n) is 13.9. The molecule has 0 atom stereocenters. The molecule has 3 heterocycles. The molecule has 1 fully saturated rings. The third-order valence-corrected chi connectivity index (χ3v) is 5.14. The summed E-state index contributed by atoms with van der Waals surface area (Å²) in [7, 11) is 2.02. The van der Waals surface area contributed by atoms with Crippen molar-refractivity contribution in [3.05, 3.63) is 17.2 Å². The smallest absolute Gasteiger partial charge is 0.217 e. The van der Waals surface area contributed by atoms with E-state index in [0.29, 0.717) is 11.1 Å². The van der Waals surface area contributed by atoms with Crippen molar-refractivity contribution in [3.8, 4) is 0 Å². The van der Waals surface area contributed by atoms with Crippen molar-refractivity contribution < 1.29 is 0 Å². The Morgan fingerprint density at radius 2 is 1.78 bits per heavy atom. The normalized spacial score (nSPS) is 16.0. The molecule has 3 rings (SSSR count). The van der Waals surface area contributed by atoms with E-state index < -0.39 is 0 Å². The second-order valence-corrected chi connectivity index (χ2v) is 6.66. The number of nitrogens with one attached hydrogen (secondary N) is 1. The van der Waals surface area contributed by atoms with Gasteiger partial charge in [0.1, 0.15) is 5.82 Å². The van der Waals surface area contributed by atoms with Crippen LogP contribution in [0.2, 0.25) is 0 Å². The zero-order valence-corrected chi connectivity index (χ0v) is 14.7. The largest absolute Gasteiger partial charge is 0.317 e. The van der Waals surface area contributed by atoms with Crippen LogP contribution in [0.15, 0.2) is 10.3 Å². The molecule has 1 aliphatic heterocycles. The summed E-state index contributed by atoms with van der Waals surface area (Å²) >= 11 is 1.44. The predicted octanol–water partition coefficient (Wildman–Crippen LogP) is 1.74. The maximum atomic E-state index is 4.62. The maximum Gasteiger partial charge on any atom is 0.217 e. The minimum atomic E-state index is 0.482. The van der Waals surface area contributed by atoms with Crippen molar-refractivity contribution in [2.24, 2.45) is 7.05 Å². The first kappa shape index (κ1) is 16.3. The highest BCUT2D eigenvalue weighted by molar-refractivity contribution is 7.99. The van der Waals surface area contributed by atoms with Crippen LogP contribution in [-0.4, -0.2) is 43.0 Å². The molecule has 0 saturated carbocycles. The average molecular weight is 333 g/mol. The minimum absolute atomic E-state index is 0.482. The quantitative estimate of drug-likeness (QED) is 0.892. The average Bonchev–Trinajstić information content (AvgIpc) is 2.96. The van der Waals surface area contributed by atoms with Gasteiger partial charge in [-0.05, 0) is 50.5 Å². The lowest BCUT2D eigenvalue weighted by Gasteiger charge is -2.21. The number of piperidine rings is 1. The van der Waals surface area contributed by atoms with Crippen LogP contribution in [0, 0.1) is 0 Å². The summed E-state index contributed by atoms with van der Waals surface area (Å²) in [5.41, 5.74) is 2.00. The monoisotopic (exact) mass is 333 g/mol. The Balaban J connectivity index is 1.79. The van der Waals surface area contributed by atoms with Gasteiger partial charge in [0.15, 0.2) is 5.16 Å². The molecule has 23 heavy (non-hydrogen) atoms. The van der Waals surface area contributed by atoms with Crippen LogP contribution in [-0.2, 0) is 19.9 Å². The van der Waals surface area contributed by atoms with Crippen molar-refractivity contribution >= 4 is 11.8 Å². The number of aromatic nitrogens is 6. The summed E-state index contributed by atoms with van der Waals surface area (Å²) in [5.74, 6) is 1.54. The van der Waals surface area contributed by atoms with Crippen LogP contribution >= 0.6 is 11.8 Å². The van der Waals surface area contributed by atoms with E-state index in [1.807, 2.05) is 7.05 Å². The number of rotatable bonds is 5. The number of nitrogens with zero attached hydrogens (tertiary/aromatic N) is 6. The molecule has 124 valence electrons. The Bertz CT molecular complexity index is 664. The fourth-order valence-corrected chi connectivity index (χ4v) is 3.61. The first-order chi connectivity index (χ1) is 11.2. The van der Waals surface area contributed by atoms with Crippen LogP contribution in [0.5, 0.6) is 0 Å². The fraction of sp³-hybridized carbons (Fsp3) is 0.667. The van der Waals surface area contributed by atoms with Crippen LogP contribution in [0.3, 0.4) is 0 Å². The second kappa shape index (κ2) is 7.35. The van der Waals surface area contributed by atoms with Crippen LogP contribution < -0.4 is 5.32 Å². The lowest BCUT2D eigenvalue weighted by Crippen LogP contribution is -2.27. The topological polar surface area (TPSA) is 81.4 Å². The summed E-state index contributed by atoms with van der Waals surface area (Å²) in [6, 6.07) is 0. The molecule has 0 amide bonds. The van der Waals surface area contributed by atoms with Gasteiger partial charge in [0.25, 0.3) is 0 Å². The third-order valence-electron chi connectivity index (χ3n) is 4.25. The molecule has 8 heteroatoms. The van der Waals surface area contributed by atoms with Crippen LogP contribution in [0.25, 0.3) is 0 Å². The number of aryl methyl sites for hydroxylation is 2. The van der Waals surface area contributed by atoms with Gasteiger partial charge >= 0.3 is 0 Å². The lowest BCUT2D eigenvalue weighted by atomic mass is 9.97. The SMILES string of the molecule is CCc1nnc(Sc2nnc(C3CCNCC3)n2C)nc1CC. The Morgan fingerprint density at radius 3 is 2.48 bits per heavy atom. The molecule has 0 radical (unpaired) electrons. The highest BCUT2D eigenvalue weighted by atomic mass is 32.2. The van der Waals surface area contributed by atoms with Crippen molar-refractivity contribution in [2.45, 2.75) is 55.8 Å². The fourth-order valence-electron chi connectivity index (χ4n) is 2.90. The van der Waals surface area contributed by atoms with Gasteiger partial charge in [-0.2, -0.15) is 5.10 Å². The molecule has 7 nitrogen and oxygen atoms in total. The molecule has 0 aliphatic carbocycles. The van der Waals surface area contributed by atoms with Crippen molar-refractivity contribution in [1.82, 2.24) is 35.3 Å². The van der Waals surface area contributed by atoms with Gasteiger partial charge in [-0.1, -0.05) is 13.8 Å². The Kier molecular flexibility index (Phi) is 5.22. The zero-order chi connectivity index (χ0) is 16.2. The summed E-state index contributed by atoms with van der Waals surface area (Å²) in [6.07, 6.45) is 3.95. The van der Waals surface area contributed by atoms with Gasteiger partial charge in [-0.25, -0.2) is 4.98 Å². The minimum Gasteiger partial charge on any atom is -0.317 e. The summed E-state index contributed by atoms with van der Waals surface area (Å²) in [5, 5.41) is 22.1. The van der Waals surface area contributed by atoms with Crippen molar-refractivity contribution in [3.63, 3.8) is 0 Å². The Labute approximate surface area is 140 Å². The van der Waals surface area contributed by atoms with Gasteiger partial charge in [0.2, 0.25) is 5.16 Å². The van der Waals surface area contributed by atoms with Gasteiger partial charge in [0.05, 0.1) is 11.4 Å². The molecule has 0 aromatic carbocycles. The van der Waals surface area contributed by atoms with Gasteiger partial charge in [-0.3, -0.25) is 0 Å². The van der Waals surface area contributed by atoms with E-state index in [1.165, 1.54) is 11.8 Å². The standard InChI is InChI=1S/C15H23N7S/c1-4-11-12(5-2)18-20-14(17-11)23-15-21-19-13(22(15)3)10-6-8-16-9-7-10/h10,16H,4-9H2,1-3H3. The highest BCUT2D eigenvalue weighted by Gasteiger charge is 2.22.